The average molecular weight is 265 g/mol. The van der Waals surface area contributed by atoms with Crippen molar-refractivity contribution in [2.75, 3.05) is 18.5 Å². The van der Waals surface area contributed by atoms with Crippen LogP contribution in [0.5, 0.6) is 0 Å². The Morgan fingerprint density at radius 1 is 1.47 bits per heavy atom. The molecule has 0 bridgehead atoms. The first-order valence-electron chi connectivity index (χ1n) is 6.56. The molecule has 0 atom stereocenters. The lowest BCUT2D eigenvalue weighted by atomic mass is 9.90. The minimum atomic E-state index is -0.976. The zero-order chi connectivity index (χ0) is 13.7. The predicted molar refractivity (Wildman–Crippen MR) is 70.1 cm³/mol. The van der Waals surface area contributed by atoms with Crippen molar-refractivity contribution in [1.29, 1.82) is 0 Å². The molecule has 0 saturated carbocycles. The summed E-state index contributed by atoms with van der Waals surface area (Å²) in [6, 6.07) is 1.82. The van der Waals surface area contributed by atoms with E-state index in [0.717, 1.165) is 18.5 Å². The highest BCUT2D eigenvalue weighted by Gasteiger charge is 2.40. The number of nitrogens with one attached hydrogen (secondary N) is 1. The van der Waals surface area contributed by atoms with Gasteiger partial charge in [0.05, 0.1) is 0 Å². The third-order valence-corrected chi connectivity index (χ3v) is 3.35. The molecule has 1 aromatic rings. The van der Waals surface area contributed by atoms with E-state index in [0.29, 0.717) is 31.9 Å². The third kappa shape index (κ3) is 3.20. The highest BCUT2D eigenvalue weighted by Crippen LogP contribution is 2.25. The molecular weight excluding hydrogens is 246 g/mol. The smallest absolute Gasteiger partial charge is 0.329 e. The van der Waals surface area contributed by atoms with Crippen LogP contribution >= 0.6 is 0 Å². The third-order valence-electron chi connectivity index (χ3n) is 3.35. The van der Waals surface area contributed by atoms with Crippen LogP contribution in [0.25, 0.3) is 0 Å². The lowest BCUT2D eigenvalue weighted by molar-refractivity contribution is -0.145. The molecule has 1 aliphatic rings. The molecule has 6 heteroatoms. The summed E-state index contributed by atoms with van der Waals surface area (Å²) in [6.45, 7) is 2.98. The van der Waals surface area contributed by atoms with Gasteiger partial charge in [0.15, 0.2) is 0 Å². The maximum atomic E-state index is 11.5. The summed E-state index contributed by atoms with van der Waals surface area (Å²) in [4.78, 5) is 19.8. The van der Waals surface area contributed by atoms with Gasteiger partial charge in [0, 0.05) is 37.8 Å². The fourth-order valence-electron chi connectivity index (χ4n) is 2.22. The number of anilines is 1. The molecule has 0 aliphatic carbocycles. The van der Waals surface area contributed by atoms with Gasteiger partial charge in [0.25, 0.3) is 0 Å². The molecule has 0 spiro atoms. The average Bonchev–Trinajstić information content (AvgIpc) is 2.40. The molecule has 6 nitrogen and oxygen atoms in total. The van der Waals surface area contributed by atoms with Gasteiger partial charge < -0.3 is 15.2 Å². The van der Waals surface area contributed by atoms with Crippen molar-refractivity contribution in [2.24, 2.45) is 0 Å². The van der Waals surface area contributed by atoms with Crippen LogP contribution in [-0.4, -0.2) is 39.8 Å². The molecule has 1 saturated heterocycles. The van der Waals surface area contributed by atoms with Crippen LogP contribution < -0.4 is 5.32 Å². The summed E-state index contributed by atoms with van der Waals surface area (Å²) in [5.74, 6) is -0.283. The van der Waals surface area contributed by atoms with E-state index in [2.05, 4.69) is 22.2 Å². The van der Waals surface area contributed by atoms with Crippen molar-refractivity contribution in [3.8, 4) is 0 Å². The van der Waals surface area contributed by atoms with E-state index >= 15 is 0 Å². The van der Waals surface area contributed by atoms with Gasteiger partial charge in [-0.15, -0.1) is 0 Å². The van der Waals surface area contributed by atoms with E-state index in [4.69, 9.17) is 4.74 Å². The number of rotatable bonds is 5. The second kappa shape index (κ2) is 5.97. The Balaban J connectivity index is 2.17. The highest BCUT2D eigenvalue weighted by atomic mass is 16.5. The van der Waals surface area contributed by atoms with Crippen LogP contribution in [0.3, 0.4) is 0 Å². The van der Waals surface area contributed by atoms with Crippen LogP contribution in [0.1, 0.15) is 31.9 Å². The summed E-state index contributed by atoms with van der Waals surface area (Å²) in [5, 5.41) is 12.5. The first-order chi connectivity index (χ1) is 9.16. The summed E-state index contributed by atoms with van der Waals surface area (Å²) in [6.07, 6.45) is 4.21. The number of aromatic nitrogens is 2. The molecule has 1 aromatic heterocycles. The first kappa shape index (κ1) is 13.7. The maximum Gasteiger partial charge on any atom is 0.329 e. The molecular formula is C13H19N3O3. The number of carboxylic acid groups (broad SMARTS) is 1. The zero-order valence-corrected chi connectivity index (χ0v) is 11.1. The van der Waals surface area contributed by atoms with E-state index in [1.54, 1.807) is 0 Å². The van der Waals surface area contributed by atoms with Gasteiger partial charge in [-0.1, -0.05) is 13.3 Å². The molecule has 0 radical (unpaired) electrons. The Kier molecular flexibility index (Phi) is 4.31. The van der Waals surface area contributed by atoms with E-state index in [1.807, 2.05) is 6.07 Å². The lowest BCUT2D eigenvalue weighted by Crippen LogP contribution is -2.50. The minimum absolute atomic E-state index is 0.440. The number of ether oxygens (including phenoxy) is 1. The molecule has 0 aromatic carbocycles. The van der Waals surface area contributed by atoms with E-state index < -0.39 is 11.5 Å². The molecule has 0 amide bonds. The Hall–Kier alpha value is -1.69. The molecule has 104 valence electrons. The van der Waals surface area contributed by atoms with Gasteiger partial charge in [-0.2, -0.15) is 0 Å². The largest absolute Gasteiger partial charge is 0.480 e. The molecule has 2 heterocycles. The summed E-state index contributed by atoms with van der Waals surface area (Å²) >= 11 is 0. The predicted octanol–water partition coefficient (Wildman–Crippen LogP) is 1.47. The zero-order valence-electron chi connectivity index (χ0n) is 11.1. The normalized spacial score (nSPS) is 17.9. The number of hydrogen-bond acceptors (Lipinski definition) is 5. The Morgan fingerprint density at radius 2 is 2.21 bits per heavy atom. The molecule has 19 heavy (non-hydrogen) atoms. The SMILES string of the molecule is CCCc1cc(NC2(C(=O)O)CCOCC2)ncn1. The van der Waals surface area contributed by atoms with Gasteiger partial charge >= 0.3 is 5.97 Å². The first-order valence-corrected chi connectivity index (χ1v) is 6.56. The van der Waals surface area contributed by atoms with Crippen LogP contribution in [-0.2, 0) is 16.0 Å². The topological polar surface area (TPSA) is 84.3 Å². The molecule has 2 rings (SSSR count). The standard InChI is InChI=1S/C13H19N3O3/c1-2-3-10-8-11(15-9-14-10)16-13(12(17)18)4-6-19-7-5-13/h8-9H,2-7H2,1H3,(H,17,18)(H,14,15,16). The van der Waals surface area contributed by atoms with Crippen LogP contribution in [0.15, 0.2) is 12.4 Å². The maximum absolute atomic E-state index is 11.5. The van der Waals surface area contributed by atoms with Crippen LogP contribution in [0.2, 0.25) is 0 Å². The molecule has 0 unspecified atom stereocenters. The summed E-state index contributed by atoms with van der Waals surface area (Å²) in [7, 11) is 0. The van der Waals surface area contributed by atoms with Crippen LogP contribution in [0, 0.1) is 0 Å². The summed E-state index contributed by atoms with van der Waals surface area (Å²) < 4.78 is 5.24. The number of carboxylic acids is 1. The monoisotopic (exact) mass is 265 g/mol. The second-order valence-corrected chi connectivity index (χ2v) is 4.77. The van der Waals surface area contributed by atoms with Crippen molar-refractivity contribution >= 4 is 11.8 Å². The fraction of sp³-hybridized carbons (Fsp3) is 0.615. The number of hydrogen-bond donors (Lipinski definition) is 2. The van der Waals surface area contributed by atoms with Crippen molar-refractivity contribution in [3.05, 3.63) is 18.1 Å². The quantitative estimate of drug-likeness (QED) is 0.838. The van der Waals surface area contributed by atoms with Gasteiger partial charge in [0.2, 0.25) is 0 Å². The van der Waals surface area contributed by atoms with Crippen molar-refractivity contribution < 1.29 is 14.6 Å². The minimum Gasteiger partial charge on any atom is -0.480 e. The van der Waals surface area contributed by atoms with Crippen molar-refractivity contribution in [1.82, 2.24) is 9.97 Å². The lowest BCUT2D eigenvalue weighted by Gasteiger charge is -2.34. The van der Waals surface area contributed by atoms with Crippen molar-refractivity contribution in [3.63, 3.8) is 0 Å². The number of nitrogens with zero attached hydrogens (tertiary/aromatic N) is 2. The fourth-order valence-corrected chi connectivity index (χ4v) is 2.22. The Morgan fingerprint density at radius 3 is 2.84 bits per heavy atom. The molecule has 1 aliphatic heterocycles. The van der Waals surface area contributed by atoms with Gasteiger partial charge in [0.1, 0.15) is 17.7 Å². The Bertz CT molecular complexity index is 445. The van der Waals surface area contributed by atoms with Crippen LogP contribution in [0.4, 0.5) is 5.82 Å². The molecule has 2 N–H and O–H groups in total. The Labute approximate surface area is 112 Å². The van der Waals surface area contributed by atoms with Gasteiger partial charge in [-0.3, -0.25) is 0 Å². The van der Waals surface area contributed by atoms with Gasteiger partial charge in [-0.25, -0.2) is 14.8 Å². The van der Waals surface area contributed by atoms with Crippen molar-refractivity contribution in [2.45, 2.75) is 38.1 Å². The second-order valence-electron chi connectivity index (χ2n) is 4.77. The number of aryl methyl sites for hydroxylation is 1. The highest BCUT2D eigenvalue weighted by molar-refractivity contribution is 5.82. The van der Waals surface area contributed by atoms with Gasteiger partial charge in [-0.05, 0) is 6.42 Å². The van der Waals surface area contributed by atoms with E-state index in [9.17, 15) is 9.90 Å². The number of carbonyl (C=O) groups is 1. The molecule has 1 fully saturated rings. The van der Waals surface area contributed by atoms with E-state index in [1.165, 1.54) is 6.33 Å². The number of aliphatic carboxylic acids is 1. The van der Waals surface area contributed by atoms with E-state index in [-0.39, 0.29) is 0 Å². The summed E-state index contributed by atoms with van der Waals surface area (Å²) in [5.41, 5.74) is -0.0524.